The van der Waals surface area contributed by atoms with Crippen molar-refractivity contribution in [2.75, 3.05) is 7.11 Å². The van der Waals surface area contributed by atoms with E-state index in [1.165, 1.54) is 43.3 Å². The van der Waals surface area contributed by atoms with E-state index in [9.17, 15) is 50.9 Å². The largest absolute Gasteiger partial charge is 0.468 e. The number of methoxy groups -OCH3 is 1. The highest BCUT2D eigenvalue weighted by molar-refractivity contribution is 6.35. The van der Waals surface area contributed by atoms with Gasteiger partial charge < -0.3 is 24.5 Å². The van der Waals surface area contributed by atoms with Gasteiger partial charge in [-0.15, -0.1) is 0 Å². The molecule has 0 spiro atoms. The van der Waals surface area contributed by atoms with Crippen molar-refractivity contribution in [2.24, 2.45) is 0 Å². The van der Waals surface area contributed by atoms with E-state index < -0.39 is 70.2 Å². The molecule has 4 rings (SSSR count). The van der Waals surface area contributed by atoms with Crippen LogP contribution in [-0.4, -0.2) is 45.2 Å². The van der Waals surface area contributed by atoms with Gasteiger partial charge in [0.2, 0.25) is 5.56 Å². The zero-order chi connectivity index (χ0) is 38.7. The summed E-state index contributed by atoms with van der Waals surface area (Å²) < 4.78 is 88.0. The lowest BCUT2D eigenvalue weighted by molar-refractivity contribution is -0.274. The molecule has 18 heteroatoms. The molecule has 4 atom stereocenters. The number of halogens is 10. The van der Waals surface area contributed by atoms with Crippen LogP contribution in [0.2, 0.25) is 20.1 Å². The Labute approximate surface area is 306 Å². The number of rotatable bonds is 8. The van der Waals surface area contributed by atoms with E-state index in [2.05, 4.69) is 9.72 Å². The molecule has 0 amide bonds. The summed E-state index contributed by atoms with van der Waals surface area (Å²) in [6.45, 7) is 1.85. The van der Waals surface area contributed by atoms with Gasteiger partial charge in [-0.3, -0.25) is 14.4 Å². The molecule has 0 saturated heterocycles. The lowest BCUT2D eigenvalue weighted by Crippen LogP contribution is -2.47. The molecule has 8 nitrogen and oxygen atoms in total. The third-order valence-electron chi connectivity index (χ3n) is 8.15. The summed E-state index contributed by atoms with van der Waals surface area (Å²) in [5, 5.41) is 21.6. The quantitative estimate of drug-likeness (QED) is 0.122. The van der Waals surface area contributed by atoms with E-state index in [4.69, 9.17) is 46.4 Å². The molecule has 2 aromatic heterocycles. The standard InChI is InChI=1S/C18H16Cl2F3NO4.C15H12Cl2F3NO2/c1-10(13-4-3-12(19)8-14(13)20)17(27,18(21,22)23)11-5-6-24(15(25)7-11)9-16(26)28-2;1-8(11-3-2-10(16)7-12(11)17)14(23,15(18,19)20)9-4-5-21-13(22)6-9/h3-8,10,27H,9H2,1-2H3;2-8,23H,1H3,(H,21,22). The number of H-pyrrole nitrogens is 1. The van der Waals surface area contributed by atoms with Gasteiger partial charge in [0, 0.05) is 67.6 Å². The van der Waals surface area contributed by atoms with Crippen molar-refractivity contribution < 1.29 is 46.1 Å². The number of esters is 1. The van der Waals surface area contributed by atoms with Crippen molar-refractivity contribution in [3.05, 3.63) is 136 Å². The normalized spacial score (nSPS) is 15.4. The third kappa shape index (κ3) is 8.93. The van der Waals surface area contributed by atoms with Gasteiger partial charge in [0.1, 0.15) is 6.54 Å². The van der Waals surface area contributed by atoms with Gasteiger partial charge in [-0.05, 0) is 47.5 Å². The number of ether oxygens (including phenoxy) is 1. The van der Waals surface area contributed by atoms with E-state index in [1.54, 1.807) is 0 Å². The van der Waals surface area contributed by atoms with Crippen LogP contribution in [0.1, 0.15) is 47.9 Å². The molecule has 4 aromatic rings. The number of alkyl halides is 6. The second kappa shape index (κ2) is 16.0. The summed E-state index contributed by atoms with van der Waals surface area (Å²) in [7, 11) is 1.11. The molecule has 4 unspecified atom stereocenters. The van der Waals surface area contributed by atoms with Crippen molar-refractivity contribution in [3.63, 3.8) is 0 Å². The lowest BCUT2D eigenvalue weighted by Gasteiger charge is -2.37. The topological polar surface area (TPSA) is 122 Å². The first-order valence-corrected chi connectivity index (χ1v) is 15.9. The number of nitrogens with zero attached hydrogens (tertiary/aromatic N) is 1. The van der Waals surface area contributed by atoms with Crippen molar-refractivity contribution >= 4 is 52.4 Å². The third-order valence-corrected chi connectivity index (χ3v) is 9.28. The number of aromatic amines is 1. The highest BCUT2D eigenvalue weighted by atomic mass is 35.5. The lowest BCUT2D eigenvalue weighted by atomic mass is 9.78. The summed E-state index contributed by atoms with van der Waals surface area (Å²) >= 11 is 23.5. The molecule has 0 aliphatic heterocycles. The van der Waals surface area contributed by atoms with Crippen LogP contribution in [0.25, 0.3) is 0 Å². The molecular weight excluding hydrogens is 776 g/mol. The summed E-state index contributed by atoms with van der Waals surface area (Å²) in [6.07, 6.45) is -8.12. The fraction of sp³-hybridized carbons (Fsp3) is 0.303. The average Bonchev–Trinajstić information content (AvgIpc) is 3.03. The Morgan fingerprint density at radius 3 is 1.59 bits per heavy atom. The average molecular weight is 804 g/mol. The summed E-state index contributed by atoms with van der Waals surface area (Å²) in [4.78, 5) is 37.0. The SMILES string of the molecule is CC(c1ccc(Cl)cc1Cl)C(O)(c1cc[nH]c(=O)c1)C(F)(F)F.COC(=O)Cn1ccc(C(O)(C(C)c2ccc(Cl)cc2Cl)C(F)(F)F)cc1=O. The molecule has 3 N–H and O–H groups in total. The summed E-state index contributed by atoms with van der Waals surface area (Å²) in [6, 6.07) is 11.2. The Hall–Kier alpha value is -3.53. The first kappa shape index (κ1) is 41.9. The number of carbonyl (C=O) groups excluding carboxylic acids is 1. The van der Waals surface area contributed by atoms with Crippen LogP contribution in [0.15, 0.2) is 82.6 Å². The van der Waals surface area contributed by atoms with Crippen LogP contribution >= 0.6 is 46.4 Å². The minimum absolute atomic E-state index is 0.00230. The Morgan fingerprint density at radius 2 is 1.22 bits per heavy atom. The first-order chi connectivity index (χ1) is 23.5. The predicted octanol–water partition coefficient (Wildman–Crippen LogP) is 8.12. The number of benzene rings is 2. The molecule has 276 valence electrons. The predicted molar refractivity (Wildman–Crippen MR) is 179 cm³/mol. The second-order valence-electron chi connectivity index (χ2n) is 11.2. The minimum Gasteiger partial charge on any atom is -0.468 e. The van der Waals surface area contributed by atoms with Crippen LogP contribution in [0.3, 0.4) is 0 Å². The summed E-state index contributed by atoms with van der Waals surface area (Å²) in [5.41, 5.74) is -9.51. The Morgan fingerprint density at radius 1 is 0.765 bits per heavy atom. The molecule has 51 heavy (non-hydrogen) atoms. The smallest absolute Gasteiger partial charge is 0.422 e. The van der Waals surface area contributed by atoms with E-state index in [0.29, 0.717) is 12.1 Å². The highest BCUT2D eigenvalue weighted by Gasteiger charge is 2.60. The number of nitrogens with one attached hydrogen (secondary N) is 1. The molecule has 0 radical (unpaired) electrons. The van der Waals surface area contributed by atoms with Crippen LogP contribution in [-0.2, 0) is 27.3 Å². The molecule has 0 saturated carbocycles. The van der Waals surface area contributed by atoms with Crippen molar-refractivity contribution in [1.29, 1.82) is 0 Å². The van der Waals surface area contributed by atoms with Crippen LogP contribution in [0, 0.1) is 0 Å². The maximum atomic E-state index is 13.9. The van der Waals surface area contributed by atoms with E-state index in [-0.39, 0.29) is 31.2 Å². The van der Waals surface area contributed by atoms with Crippen molar-refractivity contribution in [2.45, 2.75) is 55.8 Å². The fourth-order valence-corrected chi connectivity index (χ4v) is 6.38. The molecule has 0 bridgehead atoms. The zero-order valence-electron chi connectivity index (χ0n) is 26.5. The number of hydrogen-bond acceptors (Lipinski definition) is 6. The van der Waals surface area contributed by atoms with Gasteiger partial charge >= 0.3 is 18.3 Å². The summed E-state index contributed by atoms with van der Waals surface area (Å²) in [5.74, 6) is -3.77. The Kier molecular flexibility index (Phi) is 13.1. The fourth-order valence-electron chi connectivity index (χ4n) is 5.23. The molecule has 0 aliphatic rings. The van der Waals surface area contributed by atoms with Crippen LogP contribution < -0.4 is 11.1 Å². The van der Waals surface area contributed by atoms with E-state index in [0.717, 1.165) is 43.1 Å². The monoisotopic (exact) mass is 802 g/mol. The molecule has 0 aliphatic carbocycles. The van der Waals surface area contributed by atoms with Crippen molar-refractivity contribution in [3.8, 4) is 0 Å². The van der Waals surface area contributed by atoms with Gasteiger partial charge in [-0.2, -0.15) is 26.3 Å². The van der Waals surface area contributed by atoms with Crippen LogP contribution in [0.5, 0.6) is 0 Å². The van der Waals surface area contributed by atoms with Gasteiger partial charge in [0.15, 0.2) is 11.2 Å². The number of carbonyl (C=O) groups is 1. The van der Waals surface area contributed by atoms with Gasteiger partial charge in [-0.1, -0.05) is 72.4 Å². The van der Waals surface area contributed by atoms with Gasteiger partial charge in [-0.25, -0.2) is 0 Å². The van der Waals surface area contributed by atoms with Crippen molar-refractivity contribution in [1.82, 2.24) is 9.55 Å². The molecule has 2 heterocycles. The maximum absolute atomic E-state index is 13.9. The number of pyridine rings is 2. The van der Waals surface area contributed by atoms with E-state index in [1.807, 2.05) is 0 Å². The number of hydrogen-bond donors (Lipinski definition) is 3. The Bertz CT molecular complexity index is 2000. The minimum atomic E-state index is -5.13. The van der Waals surface area contributed by atoms with Crippen LogP contribution in [0.4, 0.5) is 26.3 Å². The second-order valence-corrected chi connectivity index (χ2v) is 12.9. The van der Waals surface area contributed by atoms with Gasteiger partial charge in [0.05, 0.1) is 7.11 Å². The maximum Gasteiger partial charge on any atom is 0.422 e. The number of aromatic nitrogens is 2. The number of aliphatic hydroxyl groups is 2. The van der Waals surface area contributed by atoms with E-state index >= 15 is 0 Å². The molecular formula is C33H28Cl4F6N2O6. The molecule has 2 aromatic carbocycles. The molecule has 0 fully saturated rings. The first-order valence-electron chi connectivity index (χ1n) is 14.4. The zero-order valence-corrected chi connectivity index (χ0v) is 29.6. The van der Waals surface area contributed by atoms with Gasteiger partial charge in [0.25, 0.3) is 5.56 Å². The Balaban J connectivity index is 0.000000281. The highest BCUT2D eigenvalue weighted by Crippen LogP contribution is 2.51.